The Morgan fingerprint density at radius 1 is 1.24 bits per heavy atom. The van der Waals surface area contributed by atoms with Crippen molar-refractivity contribution >= 4 is 17.6 Å². The summed E-state index contributed by atoms with van der Waals surface area (Å²) < 4.78 is 40.7. The van der Waals surface area contributed by atoms with Crippen LogP contribution in [0.4, 0.5) is 13.2 Å². The summed E-state index contributed by atoms with van der Waals surface area (Å²) in [5.41, 5.74) is -0.638. The Balaban J connectivity index is 2.74. The fourth-order valence-electron chi connectivity index (χ4n) is 1.85. The van der Waals surface area contributed by atoms with Crippen LogP contribution in [0.15, 0.2) is 12.1 Å². The van der Waals surface area contributed by atoms with E-state index < -0.39 is 29.1 Å². The van der Waals surface area contributed by atoms with Crippen LogP contribution in [0.5, 0.6) is 0 Å². The van der Waals surface area contributed by atoms with Gasteiger partial charge in [0.2, 0.25) is 0 Å². The molecule has 0 spiro atoms. The average Bonchev–Trinajstić information content (AvgIpc) is 2.72. The quantitative estimate of drug-likeness (QED) is 0.877. The molecule has 0 radical (unpaired) electrons. The van der Waals surface area contributed by atoms with Crippen molar-refractivity contribution in [3.05, 3.63) is 46.0 Å². The number of benzene rings is 1. The van der Waals surface area contributed by atoms with Crippen LogP contribution in [0.1, 0.15) is 35.8 Å². The Morgan fingerprint density at radius 2 is 1.81 bits per heavy atom. The first kappa shape index (κ1) is 15.4. The molecular formula is C13H10ClF3N2O2. The van der Waals surface area contributed by atoms with Crippen LogP contribution in [0.3, 0.4) is 0 Å². The number of carbonyl (C=O) groups is 1. The number of hydrogen-bond donors (Lipinski definition) is 1. The van der Waals surface area contributed by atoms with Crippen molar-refractivity contribution in [2.24, 2.45) is 0 Å². The largest absolute Gasteiger partial charge is 0.478 e. The Hall–Kier alpha value is -2.02. The van der Waals surface area contributed by atoms with Gasteiger partial charge in [-0.05, 0) is 5.92 Å². The molecule has 1 heterocycles. The van der Waals surface area contributed by atoms with Gasteiger partial charge in [0, 0.05) is 12.1 Å². The molecule has 0 fully saturated rings. The van der Waals surface area contributed by atoms with Crippen molar-refractivity contribution in [3.63, 3.8) is 0 Å². The number of nitrogens with zero attached hydrogens (tertiary/aromatic N) is 2. The molecule has 112 valence electrons. The van der Waals surface area contributed by atoms with Gasteiger partial charge < -0.3 is 5.11 Å². The zero-order valence-electron chi connectivity index (χ0n) is 11.0. The minimum atomic E-state index is -1.36. The van der Waals surface area contributed by atoms with Gasteiger partial charge in [0.1, 0.15) is 16.4 Å². The normalized spacial score (nSPS) is 11.2. The molecule has 0 aliphatic heterocycles. The Bertz CT molecular complexity index is 729. The van der Waals surface area contributed by atoms with Gasteiger partial charge in [-0.3, -0.25) is 0 Å². The van der Waals surface area contributed by atoms with E-state index in [1.165, 1.54) is 0 Å². The van der Waals surface area contributed by atoms with E-state index in [2.05, 4.69) is 5.10 Å². The molecule has 0 aliphatic rings. The highest BCUT2D eigenvalue weighted by Crippen LogP contribution is 2.29. The van der Waals surface area contributed by atoms with Crippen LogP contribution in [0.25, 0.3) is 5.69 Å². The van der Waals surface area contributed by atoms with Gasteiger partial charge in [-0.15, -0.1) is 0 Å². The first-order chi connectivity index (χ1) is 9.73. The van der Waals surface area contributed by atoms with E-state index >= 15 is 0 Å². The van der Waals surface area contributed by atoms with Crippen molar-refractivity contribution in [1.82, 2.24) is 9.78 Å². The summed E-state index contributed by atoms with van der Waals surface area (Å²) in [5.74, 6) is -5.39. The van der Waals surface area contributed by atoms with E-state index in [1.807, 2.05) is 0 Å². The number of aromatic carboxylic acids is 1. The molecule has 1 N–H and O–H groups in total. The number of rotatable bonds is 3. The summed E-state index contributed by atoms with van der Waals surface area (Å²) in [5, 5.41) is 12.7. The molecule has 8 heteroatoms. The molecule has 0 aliphatic carbocycles. The number of carboxylic acid groups (broad SMARTS) is 1. The molecule has 0 saturated heterocycles. The van der Waals surface area contributed by atoms with Gasteiger partial charge in [0.05, 0.1) is 5.69 Å². The Morgan fingerprint density at radius 3 is 2.29 bits per heavy atom. The van der Waals surface area contributed by atoms with Crippen LogP contribution in [0.2, 0.25) is 5.15 Å². The highest BCUT2D eigenvalue weighted by atomic mass is 35.5. The smallest absolute Gasteiger partial charge is 0.340 e. The fraction of sp³-hybridized carbons (Fsp3) is 0.231. The maximum Gasteiger partial charge on any atom is 0.340 e. The van der Waals surface area contributed by atoms with Gasteiger partial charge in [-0.2, -0.15) is 5.10 Å². The molecule has 0 bridgehead atoms. The fourth-order valence-corrected chi connectivity index (χ4v) is 2.16. The van der Waals surface area contributed by atoms with E-state index in [-0.39, 0.29) is 22.3 Å². The summed E-state index contributed by atoms with van der Waals surface area (Å²) in [4.78, 5) is 11.2. The van der Waals surface area contributed by atoms with Crippen LogP contribution in [-0.4, -0.2) is 20.9 Å². The van der Waals surface area contributed by atoms with E-state index in [4.69, 9.17) is 16.7 Å². The Kier molecular flexibility index (Phi) is 3.95. The summed E-state index contributed by atoms with van der Waals surface area (Å²) in [6, 6.07) is 0.914. The average molecular weight is 319 g/mol. The summed E-state index contributed by atoms with van der Waals surface area (Å²) in [6.45, 7) is 3.36. The molecule has 0 atom stereocenters. The van der Waals surface area contributed by atoms with Crippen molar-refractivity contribution in [1.29, 1.82) is 0 Å². The van der Waals surface area contributed by atoms with Crippen LogP contribution in [0, 0.1) is 17.5 Å². The third-order valence-electron chi connectivity index (χ3n) is 2.83. The predicted octanol–water partition coefficient (Wildman–Crippen LogP) is 3.76. The third kappa shape index (κ3) is 2.61. The van der Waals surface area contributed by atoms with Crippen molar-refractivity contribution in [2.75, 3.05) is 0 Å². The Labute approximate surface area is 122 Å². The number of hydrogen-bond acceptors (Lipinski definition) is 2. The second kappa shape index (κ2) is 5.40. The standard InChI is InChI=1S/C13H10ClF3N2O2/c1-5(2)11-10(13(20)21)12(14)19(18-11)9-4-7(16)6(15)3-8(9)17/h3-5H,1-2H3,(H,20,21). The van der Waals surface area contributed by atoms with Gasteiger partial charge in [-0.1, -0.05) is 25.4 Å². The van der Waals surface area contributed by atoms with Gasteiger partial charge >= 0.3 is 5.97 Å². The van der Waals surface area contributed by atoms with E-state index in [1.54, 1.807) is 13.8 Å². The first-order valence-corrected chi connectivity index (χ1v) is 6.28. The van der Waals surface area contributed by atoms with Crippen molar-refractivity contribution < 1.29 is 23.1 Å². The summed E-state index contributed by atoms with van der Waals surface area (Å²) in [6.07, 6.45) is 0. The zero-order valence-corrected chi connectivity index (χ0v) is 11.7. The maximum atomic E-state index is 13.8. The molecule has 2 aromatic rings. The lowest BCUT2D eigenvalue weighted by atomic mass is 10.1. The molecular weight excluding hydrogens is 309 g/mol. The maximum absolute atomic E-state index is 13.8. The van der Waals surface area contributed by atoms with E-state index in [9.17, 15) is 18.0 Å². The van der Waals surface area contributed by atoms with Crippen LogP contribution in [-0.2, 0) is 0 Å². The van der Waals surface area contributed by atoms with Crippen molar-refractivity contribution in [3.8, 4) is 5.69 Å². The molecule has 2 rings (SSSR count). The van der Waals surface area contributed by atoms with Gasteiger partial charge in [0.25, 0.3) is 0 Å². The SMILES string of the molecule is CC(C)c1nn(-c2cc(F)c(F)cc2F)c(Cl)c1C(=O)O. The van der Waals surface area contributed by atoms with Crippen LogP contribution >= 0.6 is 11.6 Å². The van der Waals surface area contributed by atoms with Crippen LogP contribution < -0.4 is 0 Å². The van der Waals surface area contributed by atoms with Gasteiger partial charge in [0.15, 0.2) is 17.5 Å². The number of carboxylic acids is 1. The highest BCUT2D eigenvalue weighted by Gasteiger charge is 2.26. The molecule has 21 heavy (non-hydrogen) atoms. The summed E-state index contributed by atoms with van der Waals surface area (Å²) in [7, 11) is 0. The van der Waals surface area contributed by atoms with Crippen molar-refractivity contribution in [2.45, 2.75) is 19.8 Å². The van der Waals surface area contributed by atoms with Gasteiger partial charge in [-0.25, -0.2) is 22.6 Å². The monoisotopic (exact) mass is 318 g/mol. The predicted molar refractivity (Wildman–Crippen MR) is 69.5 cm³/mol. The topological polar surface area (TPSA) is 55.1 Å². The third-order valence-corrected chi connectivity index (χ3v) is 3.18. The van der Waals surface area contributed by atoms with E-state index in [0.29, 0.717) is 12.1 Å². The lowest BCUT2D eigenvalue weighted by Crippen LogP contribution is -2.03. The second-order valence-electron chi connectivity index (χ2n) is 4.64. The number of aromatic nitrogens is 2. The highest BCUT2D eigenvalue weighted by molar-refractivity contribution is 6.33. The first-order valence-electron chi connectivity index (χ1n) is 5.90. The number of halogens is 4. The molecule has 0 unspecified atom stereocenters. The zero-order chi connectivity index (χ0) is 15.9. The second-order valence-corrected chi connectivity index (χ2v) is 5.00. The molecule has 0 saturated carbocycles. The minimum absolute atomic E-state index is 0.122. The molecule has 0 amide bonds. The lowest BCUT2D eigenvalue weighted by molar-refractivity contribution is 0.0695. The molecule has 1 aromatic heterocycles. The molecule has 1 aromatic carbocycles. The minimum Gasteiger partial charge on any atom is -0.478 e. The summed E-state index contributed by atoms with van der Waals surface area (Å²) >= 11 is 5.90. The lowest BCUT2D eigenvalue weighted by Gasteiger charge is -2.05. The molecule has 4 nitrogen and oxygen atoms in total. The van der Waals surface area contributed by atoms with E-state index in [0.717, 1.165) is 4.68 Å².